The van der Waals surface area contributed by atoms with Crippen molar-refractivity contribution in [3.8, 4) is 11.5 Å². The van der Waals surface area contributed by atoms with Gasteiger partial charge in [-0.1, -0.05) is 48.7 Å². The zero-order valence-corrected chi connectivity index (χ0v) is 21.0. The van der Waals surface area contributed by atoms with Gasteiger partial charge in [0.2, 0.25) is 0 Å². The molecule has 0 aliphatic carbocycles. The highest BCUT2D eigenvalue weighted by Crippen LogP contribution is 2.31. The van der Waals surface area contributed by atoms with Gasteiger partial charge >= 0.3 is 0 Å². The van der Waals surface area contributed by atoms with Gasteiger partial charge in [0.1, 0.15) is 18.1 Å². The second-order valence-electron chi connectivity index (χ2n) is 6.76. The number of carbonyl (C=O) groups is 1. The minimum Gasteiger partial charge on any atom is -0.496 e. The van der Waals surface area contributed by atoms with E-state index in [4.69, 9.17) is 32.7 Å². The molecule has 0 aliphatic heterocycles. The maximum absolute atomic E-state index is 12.6. The number of allylic oxidation sites excluding steroid dienone is 1. The molecule has 2 aromatic carbocycles. The standard InChI is InChI=1S/C24H21BrCl2O3S/c1-3-4-23-18(25)13-24(31-23)20(28)8-5-15-6-9-21(29-2)16(11-15)14-30-22-10-7-17(26)12-19(22)27/h5-13H,3-4,14H2,1-2H3/b8-5+. The zero-order valence-electron chi connectivity index (χ0n) is 17.1. The molecular formula is C24H21BrCl2O3S. The third-order valence-electron chi connectivity index (χ3n) is 4.49. The molecule has 0 atom stereocenters. The molecule has 0 bridgehead atoms. The van der Waals surface area contributed by atoms with Gasteiger partial charge < -0.3 is 9.47 Å². The van der Waals surface area contributed by atoms with Gasteiger partial charge in [0.15, 0.2) is 5.78 Å². The Morgan fingerprint density at radius 1 is 1.13 bits per heavy atom. The minimum atomic E-state index is -0.0189. The number of halogens is 3. The molecule has 162 valence electrons. The quantitative estimate of drug-likeness (QED) is 0.203. The number of aryl methyl sites for hydroxylation is 1. The smallest absolute Gasteiger partial charge is 0.195 e. The SMILES string of the molecule is CCCc1sc(C(=O)/C=C/c2ccc(OC)c(COc3ccc(Cl)cc3Cl)c2)cc1Br. The molecule has 3 nitrogen and oxygen atoms in total. The summed E-state index contributed by atoms with van der Waals surface area (Å²) in [5.74, 6) is 1.21. The molecule has 0 fully saturated rings. The molecule has 0 amide bonds. The highest BCUT2D eigenvalue weighted by molar-refractivity contribution is 9.10. The third kappa shape index (κ3) is 6.36. The number of carbonyl (C=O) groups excluding carboxylic acids is 1. The van der Waals surface area contributed by atoms with Crippen molar-refractivity contribution in [1.82, 2.24) is 0 Å². The summed E-state index contributed by atoms with van der Waals surface area (Å²) in [5.41, 5.74) is 1.71. The molecule has 3 aromatic rings. The molecule has 7 heteroatoms. The second-order valence-corrected chi connectivity index (χ2v) is 9.60. The van der Waals surface area contributed by atoms with Crippen LogP contribution in [0.1, 0.15) is 39.0 Å². The van der Waals surface area contributed by atoms with E-state index in [-0.39, 0.29) is 12.4 Å². The number of hydrogen-bond donors (Lipinski definition) is 0. The van der Waals surface area contributed by atoms with E-state index in [0.717, 1.165) is 33.3 Å². The van der Waals surface area contributed by atoms with Crippen molar-refractivity contribution in [3.63, 3.8) is 0 Å². The van der Waals surface area contributed by atoms with Crippen molar-refractivity contribution in [2.45, 2.75) is 26.4 Å². The predicted octanol–water partition coefficient (Wildman–Crippen LogP) is 8.25. The van der Waals surface area contributed by atoms with E-state index in [9.17, 15) is 4.79 Å². The van der Waals surface area contributed by atoms with E-state index in [2.05, 4.69) is 22.9 Å². The summed E-state index contributed by atoms with van der Waals surface area (Å²) in [6.07, 6.45) is 5.40. The highest BCUT2D eigenvalue weighted by Gasteiger charge is 2.11. The number of methoxy groups -OCH3 is 1. The van der Waals surface area contributed by atoms with Crippen LogP contribution in [0.15, 0.2) is 53.0 Å². The van der Waals surface area contributed by atoms with Crippen LogP contribution in [0.4, 0.5) is 0 Å². The molecule has 3 rings (SSSR count). The first-order valence-corrected chi connectivity index (χ1v) is 12.0. The van der Waals surface area contributed by atoms with E-state index in [0.29, 0.717) is 21.5 Å². The van der Waals surface area contributed by atoms with Crippen molar-refractivity contribution in [2.24, 2.45) is 0 Å². The van der Waals surface area contributed by atoms with Crippen LogP contribution < -0.4 is 9.47 Å². The van der Waals surface area contributed by atoms with E-state index in [1.54, 1.807) is 37.5 Å². The van der Waals surface area contributed by atoms with Crippen LogP contribution in [0, 0.1) is 0 Å². The molecule has 1 aromatic heterocycles. The number of hydrogen-bond acceptors (Lipinski definition) is 4. The third-order valence-corrected chi connectivity index (χ3v) is 7.20. The Balaban J connectivity index is 1.74. The van der Waals surface area contributed by atoms with Gasteiger partial charge in [0, 0.05) is 19.9 Å². The average Bonchev–Trinajstić information content (AvgIpc) is 3.12. The van der Waals surface area contributed by atoms with Crippen LogP contribution in [-0.4, -0.2) is 12.9 Å². The summed E-state index contributed by atoms with van der Waals surface area (Å²) in [4.78, 5) is 14.5. The fourth-order valence-corrected chi connectivity index (χ4v) is 5.30. The first kappa shape index (κ1) is 23.9. The maximum Gasteiger partial charge on any atom is 0.195 e. The maximum atomic E-state index is 12.6. The van der Waals surface area contributed by atoms with Gasteiger partial charge in [-0.3, -0.25) is 4.79 Å². The molecule has 0 saturated carbocycles. The molecular weight excluding hydrogens is 519 g/mol. The predicted molar refractivity (Wildman–Crippen MR) is 133 cm³/mol. The first-order valence-electron chi connectivity index (χ1n) is 9.66. The van der Waals surface area contributed by atoms with Crippen LogP contribution in [0.25, 0.3) is 6.08 Å². The van der Waals surface area contributed by atoms with E-state index < -0.39 is 0 Å². The van der Waals surface area contributed by atoms with Gasteiger partial charge in [-0.15, -0.1) is 11.3 Å². The van der Waals surface area contributed by atoms with Crippen molar-refractivity contribution < 1.29 is 14.3 Å². The molecule has 1 heterocycles. The van der Waals surface area contributed by atoms with Gasteiger partial charge in [-0.25, -0.2) is 0 Å². The zero-order chi connectivity index (χ0) is 22.4. The van der Waals surface area contributed by atoms with E-state index >= 15 is 0 Å². The highest BCUT2D eigenvalue weighted by atomic mass is 79.9. The van der Waals surface area contributed by atoms with Crippen LogP contribution in [0.5, 0.6) is 11.5 Å². The summed E-state index contributed by atoms with van der Waals surface area (Å²) in [6, 6.07) is 12.7. The molecule has 0 radical (unpaired) electrons. The summed E-state index contributed by atoms with van der Waals surface area (Å²) < 4.78 is 12.3. The normalized spacial score (nSPS) is 11.1. The van der Waals surface area contributed by atoms with Crippen molar-refractivity contribution >= 4 is 62.3 Å². The Bertz CT molecular complexity index is 1110. The summed E-state index contributed by atoms with van der Waals surface area (Å²) in [6.45, 7) is 2.39. The van der Waals surface area contributed by atoms with Crippen LogP contribution in [0.2, 0.25) is 10.0 Å². The average molecular weight is 540 g/mol. The minimum absolute atomic E-state index is 0.0189. The largest absolute Gasteiger partial charge is 0.496 e. The number of thiophene rings is 1. The van der Waals surface area contributed by atoms with Gasteiger partial charge in [0.05, 0.1) is 17.0 Å². The molecule has 0 unspecified atom stereocenters. The van der Waals surface area contributed by atoms with Crippen molar-refractivity contribution in [2.75, 3.05) is 7.11 Å². The lowest BCUT2D eigenvalue weighted by Gasteiger charge is -2.12. The van der Waals surface area contributed by atoms with Crippen molar-refractivity contribution in [3.05, 3.63) is 83.9 Å². The Morgan fingerprint density at radius 2 is 1.90 bits per heavy atom. The topological polar surface area (TPSA) is 35.5 Å². The number of rotatable bonds is 9. The Kier molecular flexibility index (Phi) is 8.61. The molecule has 0 N–H and O–H groups in total. The molecule has 0 aliphatic rings. The second kappa shape index (κ2) is 11.2. The summed E-state index contributed by atoms with van der Waals surface area (Å²) in [7, 11) is 1.61. The molecule has 31 heavy (non-hydrogen) atoms. The van der Waals surface area contributed by atoms with Crippen LogP contribution in [0.3, 0.4) is 0 Å². The number of ketones is 1. The monoisotopic (exact) mass is 538 g/mol. The van der Waals surface area contributed by atoms with Gasteiger partial charge in [0.25, 0.3) is 0 Å². The lowest BCUT2D eigenvalue weighted by Crippen LogP contribution is -2.00. The first-order chi connectivity index (χ1) is 14.9. The lowest BCUT2D eigenvalue weighted by molar-refractivity contribution is 0.105. The molecule has 0 spiro atoms. The summed E-state index contributed by atoms with van der Waals surface area (Å²) >= 11 is 17.2. The lowest BCUT2D eigenvalue weighted by atomic mass is 10.1. The van der Waals surface area contributed by atoms with Gasteiger partial charge in [-0.2, -0.15) is 0 Å². The van der Waals surface area contributed by atoms with Crippen LogP contribution >= 0.6 is 50.5 Å². The van der Waals surface area contributed by atoms with Gasteiger partial charge in [-0.05, 0) is 70.4 Å². The Hall–Kier alpha value is -1.79. The number of ether oxygens (including phenoxy) is 2. The fourth-order valence-electron chi connectivity index (χ4n) is 2.94. The Morgan fingerprint density at radius 3 is 2.61 bits per heavy atom. The van der Waals surface area contributed by atoms with E-state index in [1.807, 2.05) is 24.3 Å². The molecule has 0 saturated heterocycles. The fraction of sp³-hybridized carbons (Fsp3) is 0.208. The Labute approximate surface area is 204 Å². The summed E-state index contributed by atoms with van der Waals surface area (Å²) in [5, 5.41) is 0.990. The van der Waals surface area contributed by atoms with Crippen molar-refractivity contribution in [1.29, 1.82) is 0 Å². The van der Waals surface area contributed by atoms with Crippen LogP contribution in [-0.2, 0) is 13.0 Å². The van der Waals surface area contributed by atoms with E-state index in [1.165, 1.54) is 16.2 Å². The number of benzene rings is 2.